The van der Waals surface area contributed by atoms with Crippen molar-refractivity contribution in [1.29, 1.82) is 0 Å². The van der Waals surface area contributed by atoms with E-state index >= 15 is 0 Å². The first-order valence-corrected chi connectivity index (χ1v) is 16.9. The molecule has 0 radical (unpaired) electrons. The number of hydrogen-bond donors (Lipinski definition) is 0. The molecule has 4 amide bonds. The molecule has 3 saturated carbocycles. The van der Waals surface area contributed by atoms with Crippen LogP contribution in [0.2, 0.25) is 0 Å². The lowest BCUT2D eigenvalue weighted by Gasteiger charge is -2.33. The molecule has 3 saturated heterocycles. The van der Waals surface area contributed by atoms with Crippen molar-refractivity contribution in [3.63, 3.8) is 0 Å². The number of urea groups is 1. The molecule has 4 unspecified atom stereocenters. The van der Waals surface area contributed by atoms with Crippen molar-refractivity contribution in [3.05, 3.63) is 58.0 Å². The van der Waals surface area contributed by atoms with Crippen LogP contribution in [0.3, 0.4) is 0 Å². The zero-order valence-corrected chi connectivity index (χ0v) is 28.2. The second-order valence-corrected chi connectivity index (χ2v) is 15.3. The number of hydrogen-bond acceptors (Lipinski definition) is 5. The van der Waals surface area contributed by atoms with E-state index in [1.165, 1.54) is 76.9 Å². The third kappa shape index (κ3) is 4.63. The molecule has 44 heavy (non-hydrogen) atoms. The van der Waals surface area contributed by atoms with Gasteiger partial charge in [0.15, 0.2) is 0 Å². The molecular weight excluding hydrogens is 548 g/mol. The molecule has 0 aromatic rings. The minimum atomic E-state index is -0.587. The van der Waals surface area contributed by atoms with Crippen molar-refractivity contribution in [2.75, 3.05) is 28.2 Å². The third-order valence-electron chi connectivity index (χ3n) is 12.4. The number of likely N-dealkylation sites (tertiary alicyclic amines) is 2. The maximum absolute atomic E-state index is 13.6. The smallest absolute Gasteiger partial charge is 0.333 e. The predicted molar refractivity (Wildman–Crippen MR) is 174 cm³/mol. The quantitative estimate of drug-likeness (QED) is 0.257. The van der Waals surface area contributed by atoms with Gasteiger partial charge in [0.1, 0.15) is 5.57 Å². The van der Waals surface area contributed by atoms with E-state index in [0.29, 0.717) is 29.5 Å². The Morgan fingerprint density at radius 2 is 0.955 bits per heavy atom. The minimum Gasteiger partial charge on any atom is -0.374 e. The number of carbonyl (C=O) groups is 3. The molecule has 0 spiro atoms. The lowest BCUT2D eigenvalue weighted by molar-refractivity contribution is -0.134. The highest BCUT2D eigenvalue weighted by molar-refractivity contribution is 6.29. The van der Waals surface area contributed by atoms with Crippen molar-refractivity contribution < 1.29 is 14.4 Å². The number of likely N-dealkylation sites (N-methyl/N-ethyl adjacent to an activating group) is 2. The molecule has 7 heteroatoms. The molecule has 0 aromatic heterocycles. The number of carbonyl (C=O) groups excluding carboxylic acids is 3. The summed E-state index contributed by atoms with van der Waals surface area (Å²) in [5.41, 5.74) is 5.61. The number of rotatable bonds is 2. The Kier molecular flexibility index (Phi) is 7.77. The summed E-state index contributed by atoms with van der Waals surface area (Å²) in [5.74, 6) is 0.251. The van der Waals surface area contributed by atoms with Crippen LogP contribution in [0, 0.1) is 22.7 Å². The molecule has 3 aliphatic carbocycles. The Morgan fingerprint density at radius 1 is 0.568 bits per heavy atom. The summed E-state index contributed by atoms with van der Waals surface area (Å²) < 4.78 is 0. The minimum absolute atomic E-state index is 0.0602. The zero-order chi connectivity index (χ0) is 31.7. The first-order valence-electron chi connectivity index (χ1n) is 16.9. The van der Waals surface area contributed by atoms with Crippen molar-refractivity contribution in [2.24, 2.45) is 22.7 Å². The molecule has 238 valence electrons. The monoisotopic (exact) mass is 600 g/mol. The van der Waals surface area contributed by atoms with Gasteiger partial charge in [0.2, 0.25) is 0 Å². The summed E-state index contributed by atoms with van der Waals surface area (Å²) in [4.78, 5) is 47.1. The fourth-order valence-electron chi connectivity index (χ4n) is 9.92. The average molecular weight is 601 g/mol. The molecule has 0 bridgehead atoms. The van der Waals surface area contributed by atoms with Crippen LogP contribution in [-0.2, 0) is 9.59 Å². The van der Waals surface area contributed by atoms with Gasteiger partial charge >= 0.3 is 6.03 Å². The lowest BCUT2D eigenvalue weighted by Crippen LogP contribution is -2.53. The number of amides is 4. The van der Waals surface area contributed by atoms with Gasteiger partial charge in [-0.15, -0.1) is 0 Å². The number of imide groups is 2. The Labute approximate surface area is 264 Å². The van der Waals surface area contributed by atoms with Gasteiger partial charge in [-0.3, -0.25) is 19.4 Å². The summed E-state index contributed by atoms with van der Waals surface area (Å²) in [5, 5.41) is 0. The predicted octanol–water partition coefficient (Wildman–Crippen LogP) is 6.81. The van der Waals surface area contributed by atoms with Crippen LogP contribution in [-0.4, -0.2) is 77.7 Å². The largest absolute Gasteiger partial charge is 0.374 e. The Morgan fingerprint density at radius 3 is 1.34 bits per heavy atom. The molecular formula is C37H52N4O3. The third-order valence-corrected chi connectivity index (χ3v) is 12.4. The van der Waals surface area contributed by atoms with Crippen molar-refractivity contribution in [3.8, 4) is 0 Å². The van der Waals surface area contributed by atoms with Gasteiger partial charge in [0.05, 0.1) is 0 Å². The van der Waals surface area contributed by atoms with Crippen molar-refractivity contribution in [2.45, 2.75) is 104 Å². The van der Waals surface area contributed by atoms with Gasteiger partial charge in [-0.2, -0.15) is 0 Å². The van der Waals surface area contributed by atoms with Gasteiger partial charge in [-0.1, -0.05) is 65.5 Å². The van der Waals surface area contributed by atoms with Crippen LogP contribution in [0.5, 0.6) is 0 Å². The fraction of sp³-hybridized carbons (Fsp3) is 0.649. The first kappa shape index (κ1) is 30.9. The van der Waals surface area contributed by atoms with Gasteiger partial charge in [-0.05, 0) is 79.2 Å². The van der Waals surface area contributed by atoms with Gasteiger partial charge in [0, 0.05) is 62.5 Å². The highest BCUT2D eigenvalue weighted by Gasteiger charge is 2.50. The molecule has 0 N–H and O–H groups in total. The summed E-state index contributed by atoms with van der Waals surface area (Å²) in [6.45, 7) is 9.49. The van der Waals surface area contributed by atoms with E-state index < -0.39 is 17.8 Å². The van der Waals surface area contributed by atoms with Crippen LogP contribution in [0.4, 0.5) is 4.79 Å². The van der Waals surface area contributed by atoms with E-state index in [0.717, 1.165) is 33.8 Å². The first-order chi connectivity index (χ1) is 20.8. The van der Waals surface area contributed by atoms with Crippen LogP contribution in [0.1, 0.15) is 91.9 Å². The molecule has 0 aromatic carbocycles. The van der Waals surface area contributed by atoms with E-state index in [1.807, 2.05) is 0 Å². The summed E-state index contributed by atoms with van der Waals surface area (Å²) in [7, 11) is 7.40. The number of nitrogens with zero attached hydrogens (tertiary/aromatic N) is 4. The molecule has 4 atom stereocenters. The molecule has 6 aliphatic rings. The maximum Gasteiger partial charge on any atom is 0.333 e. The normalized spacial score (nSPS) is 35.7. The van der Waals surface area contributed by atoms with E-state index in [-0.39, 0.29) is 16.4 Å². The highest BCUT2D eigenvalue weighted by atomic mass is 16.2. The molecule has 7 nitrogen and oxygen atoms in total. The Bertz CT molecular complexity index is 1320. The van der Waals surface area contributed by atoms with Crippen molar-refractivity contribution in [1.82, 2.24) is 19.6 Å². The van der Waals surface area contributed by atoms with Crippen LogP contribution < -0.4 is 0 Å². The standard InChI is InChI=1S/C37H52N4O3/c1-36(2)25-13-9-11-15-27(25)38(5)29(36)21-19-23-17-18-24(31(23)32-33(42)40(7)35(44)41(8)34(32)43)20-22-30-37(3,4)26-14-10-12-16-28(26)39(30)6/h19-22,25-28H,9-18H2,1-8H3/b23-19+,24-20+,29-21+,30-22+. The second kappa shape index (κ2) is 11.1. The fourth-order valence-corrected chi connectivity index (χ4v) is 9.92. The average Bonchev–Trinajstić information content (AvgIpc) is 3.55. The Hall–Kier alpha value is -3.09. The van der Waals surface area contributed by atoms with Crippen LogP contribution >= 0.6 is 0 Å². The van der Waals surface area contributed by atoms with Crippen LogP contribution in [0.25, 0.3) is 0 Å². The Balaban J connectivity index is 1.45. The molecule has 6 rings (SSSR count). The second-order valence-electron chi connectivity index (χ2n) is 15.3. The van der Waals surface area contributed by atoms with Gasteiger partial charge < -0.3 is 9.80 Å². The highest BCUT2D eigenvalue weighted by Crippen LogP contribution is 2.54. The van der Waals surface area contributed by atoms with Gasteiger partial charge in [-0.25, -0.2) is 4.79 Å². The summed E-state index contributed by atoms with van der Waals surface area (Å²) in [6.07, 6.45) is 20.5. The lowest BCUT2D eigenvalue weighted by atomic mass is 9.71. The van der Waals surface area contributed by atoms with E-state index in [1.54, 1.807) is 0 Å². The van der Waals surface area contributed by atoms with E-state index in [9.17, 15) is 14.4 Å². The topological polar surface area (TPSA) is 64.2 Å². The maximum atomic E-state index is 13.6. The molecule has 3 heterocycles. The van der Waals surface area contributed by atoms with Crippen LogP contribution in [0.15, 0.2) is 58.0 Å². The molecule has 6 fully saturated rings. The molecule has 3 aliphatic heterocycles. The number of fused-ring (bicyclic) bond motifs is 2. The van der Waals surface area contributed by atoms with E-state index in [4.69, 9.17) is 0 Å². The summed E-state index contributed by atoms with van der Waals surface area (Å²) >= 11 is 0. The summed E-state index contributed by atoms with van der Waals surface area (Å²) in [6, 6.07) is 0.547. The number of allylic oxidation sites excluding steroid dienone is 9. The van der Waals surface area contributed by atoms with E-state index in [2.05, 4.69) is 75.9 Å². The van der Waals surface area contributed by atoms with Gasteiger partial charge in [0.25, 0.3) is 11.8 Å². The number of barbiturate groups is 1. The van der Waals surface area contributed by atoms with Crippen molar-refractivity contribution >= 4 is 17.8 Å². The SMILES string of the molecule is CN1C(=O)C(=C2/C(=C/C=C3/N(C)C4CCCCC4C3(C)C)CC/C2=C\C=C2\N(C)C3CCCCC3C2(C)C)C(=O)N(C)C1=O. The zero-order valence-electron chi connectivity index (χ0n) is 28.2.